The predicted molar refractivity (Wildman–Crippen MR) is 77.0 cm³/mol. The zero-order chi connectivity index (χ0) is 14.7. The van der Waals surface area contributed by atoms with E-state index in [-0.39, 0.29) is 17.0 Å². The molecule has 1 fully saturated rings. The molecule has 0 aromatic carbocycles. The Kier molecular flexibility index (Phi) is 5.05. The van der Waals surface area contributed by atoms with Crippen LogP contribution in [0.2, 0.25) is 0 Å². The molecule has 0 radical (unpaired) electrons. The molecule has 0 bridgehead atoms. The molecule has 0 amide bonds. The summed E-state index contributed by atoms with van der Waals surface area (Å²) in [7, 11) is 0. The van der Waals surface area contributed by atoms with Gasteiger partial charge in [-0.1, -0.05) is 27.7 Å². The van der Waals surface area contributed by atoms with Gasteiger partial charge in [-0.05, 0) is 26.7 Å². The van der Waals surface area contributed by atoms with Crippen LogP contribution in [-0.4, -0.2) is 24.8 Å². The van der Waals surface area contributed by atoms with Gasteiger partial charge in [-0.2, -0.15) is 0 Å². The third-order valence-corrected chi connectivity index (χ3v) is 5.14. The molecule has 0 N–H and O–H groups in total. The van der Waals surface area contributed by atoms with E-state index in [4.69, 9.17) is 9.47 Å². The Balaban J connectivity index is 2.96. The van der Waals surface area contributed by atoms with Crippen molar-refractivity contribution in [1.29, 1.82) is 0 Å². The first-order valence-electron chi connectivity index (χ1n) is 7.52. The van der Waals surface area contributed by atoms with E-state index in [9.17, 15) is 4.79 Å². The quantitative estimate of drug-likeness (QED) is 0.710. The van der Waals surface area contributed by atoms with Crippen LogP contribution in [0.5, 0.6) is 0 Å². The van der Waals surface area contributed by atoms with Crippen molar-refractivity contribution in [3.8, 4) is 0 Å². The van der Waals surface area contributed by atoms with Gasteiger partial charge in [0.1, 0.15) is 5.60 Å². The summed E-state index contributed by atoms with van der Waals surface area (Å²) in [5, 5.41) is 0. The molecule has 3 heteroatoms. The highest BCUT2D eigenvalue weighted by atomic mass is 16.6. The lowest BCUT2D eigenvalue weighted by Crippen LogP contribution is -2.53. The lowest BCUT2D eigenvalue weighted by atomic mass is 9.68. The van der Waals surface area contributed by atoms with Crippen molar-refractivity contribution in [1.82, 2.24) is 0 Å². The van der Waals surface area contributed by atoms with E-state index in [0.29, 0.717) is 13.2 Å². The van der Waals surface area contributed by atoms with E-state index in [1.165, 1.54) is 0 Å². The molecule has 1 rings (SSSR count). The molecule has 0 unspecified atom stereocenters. The Morgan fingerprint density at radius 1 is 1.11 bits per heavy atom. The second-order valence-corrected chi connectivity index (χ2v) is 6.97. The van der Waals surface area contributed by atoms with E-state index in [1.54, 1.807) is 0 Å². The summed E-state index contributed by atoms with van der Waals surface area (Å²) in [4.78, 5) is 12.5. The molecule has 1 aliphatic rings. The molecule has 19 heavy (non-hydrogen) atoms. The van der Waals surface area contributed by atoms with Crippen molar-refractivity contribution in [2.45, 2.75) is 72.8 Å². The maximum Gasteiger partial charge on any atom is 0.312 e. The van der Waals surface area contributed by atoms with Crippen LogP contribution in [0, 0.1) is 10.8 Å². The van der Waals surface area contributed by atoms with Crippen LogP contribution in [0.15, 0.2) is 0 Å². The summed E-state index contributed by atoms with van der Waals surface area (Å²) in [6.45, 7) is 13.9. The Labute approximate surface area is 118 Å². The zero-order valence-electron chi connectivity index (χ0n) is 13.5. The molecular formula is C16H30O3. The first kappa shape index (κ1) is 16.5. The normalized spacial score (nSPS) is 20.1. The average molecular weight is 270 g/mol. The topological polar surface area (TPSA) is 35.5 Å². The molecule has 3 nitrogen and oxygen atoms in total. The summed E-state index contributed by atoms with van der Waals surface area (Å²) >= 11 is 0. The number of ether oxygens (including phenoxy) is 2. The minimum atomic E-state index is -0.408. The van der Waals surface area contributed by atoms with E-state index < -0.39 is 5.41 Å². The number of carbonyl (C=O) groups is 1. The van der Waals surface area contributed by atoms with Gasteiger partial charge in [0, 0.05) is 18.3 Å². The van der Waals surface area contributed by atoms with E-state index in [0.717, 1.165) is 25.7 Å². The van der Waals surface area contributed by atoms with Crippen LogP contribution in [0.1, 0.15) is 67.2 Å². The molecule has 112 valence electrons. The third kappa shape index (κ3) is 3.31. The van der Waals surface area contributed by atoms with Gasteiger partial charge in [0.05, 0.1) is 18.6 Å². The molecule has 0 aromatic heterocycles. The van der Waals surface area contributed by atoms with Crippen LogP contribution >= 0.6 is 0 Å². The minimum absolute atomic E-state index is 0.0176. The highest BCUT2D eigenvalue weighted by Crippen LogP contribution is 2.45. The maximum atomic E-state index is 12.5. The SMILES string of the molecule is CCC(C)(C)C(=O)OC1(C(C)(C)CC)CCOCC1. The van der Waals surface area contributed by atoms with Crippen LogP contribution in [0.4, 0.5) is 0 Å². The van der Waals surface area contributed by atoms with Crippen LogP contribution < -0.4 is 0 Å². The van der Waals surface area contributed by atoms with Crippen molar-refractivity contribution in [3.63, 3.8) is 0 Å². The summed E-state index contributed by atoms with van der Waals surface area (Å²) < 4.78 is 11.5. The third-order valence-electron chi connectivity index (χ3n) is 5.14. The Morgan fingerprint density at radius 2 is 1.63 bits per heavy atom. The smallest absolute Gasteiger partial charge is 0.312 e. The average Bonchev–Trinajstić information content (AvgIpc) is 2.39. The number of rotatable bonds is 5. The van der Waals surface area contributed by atoms with Crippen molar-refractivity contribution in [3.05, 3.63) is 0 Å². The van der Waals surface area contributed by atoms with Gasteiger partial charge in [0.25, 0.3) is 0 Å². The largest absolute Gasteiger partial charge is 0.458 e. The van der Waals surface area contributed by atoms with Crippen molar-refractivity contribution in [2.24, 2.45) is 10.8 Å². The van der Waals surface area contributed by atoms with Crippen LogP contribution in [0.25, 0.3) is 0 Å². The van der Waals surface area contributed by atoms with Gasteiger partial charge in [0.2, 0.25) is 0 Å². The fourth-order valence-corrected chi connectivity index (χ4v) is 2.40. The van der Waals surface area contributed by atoms with Crippen LogP contribution in [0.3, 0.4) is 0 Å². The van der Waals surface area contributed by atoms with Crippen molar-refractivity contribution >= 4 is 5.97 Å². The summed E-state index contributed by atoms with van der Waals surface area (Å²) in [6, 6.07) is 0. The molecule has 0 saturated carbocycles. The molecule has 1 saturated heterocycles. The van der Waals surface area contributed by atoms with E-state index >= 15 is 0 Å². The van der Waals surface area contributed by atoms with Gasteiger partial charge in [-0.25, -0.2) is 0 Å². The predicted octanol–water partition coefficient (Wildman–Crippen LogP) is 3.95. The summed E-state index contributed by atoms with van der Waals surface area (Å²) in [6.07, 6.45) is 3.40. The van der Waals surface area contributed by atoms with E-state index in [1.807, 2.05) is 20.8 Å². The zero-order valence-corrected chi connectivity index (χ0v) is 13.5. The molecule has 1 heterocycles. The van der Waals surface area contributed by atoms with Gasteiger partial charge < -0.3 is 9.47 Å². The van der Waals surface area contributed by atoms with Crippen molar-refractivity contribution in [2.75, 3.05) is 13.2 Å². The fourth-order valence-electron chi connectivity index (χ4n) is 2.40. The first-order valence-corrected chi connectivity index (χ1v) is 7.52. The van der Waals surface area contributed by atoms with E-state index in [2.05, 4.69) is 20.8 Å². The second-order valence-electron chi connectivity index (χ2n) is 6.97. The molecule has 0 aliphatic carbocycles. The Hall–Kier alpha value is -0.570. The van der Waals surface area contributed by atoms with Gasteiger partial charge in [-0.3, -0.25) is 4.79 Å². The Bertz CT molecular complexity index is 312. The number of hydrogen-bond donors (Lipinski definition) is 0. The fraction of sp³-hybridized carbons (Fsp3) is 0.938. The molecule has 0 aromatic rings. The monoisotopic (exact) mass is 270 g/mol. The molecule has 0 atom stereocenters. The minimum Gasteiger partial charge on any atom is -0.458 e. The molecular weight excluding hydrogens is 240 g/mol. The van der Waals surface area contributed by atoms with Crippen LogP contribution in [-0.2, 0) is 14.3 Å². The van der Waals surface area contributed by atoms with Gasteiger partial charge >= 0.3 is 5.97 Å². The second kappa shape index (κ2) is 5.82. The number of hydrogen-bond acceptors (Lipinski definition) is 3. The molecule has 1 aliphatic heterocycles. The first-order chi connectivity index (χ1) is 8.71. The lowest BCUT2D eigenvalue weighted by Gasteiger charge is -2.48. The highest BCUT2D eigenvalue weighted by molar-refractivity contribution is 5.76. The highest BCUT2D eigenvalue weighted by Gasteiger charge is 2.49. The number of esters is 1. The summed E-state index contributed by atoms with van der Waals surface area (Å²) in [5.41, 5.74) is -0.797. The maximum absolute atomic E-state index is 12.5. The van der Waals surface area contributed by atoms with Gasteiger partial charge in [-0.15, -0.1) is 0 Å². The molecule has 0 spiro atoms. The Morgan fingerprint density at radius 3 is 2.05 bits per heavy atom. The van der Waals surface area contributed by atoms with Gasteiger partial charge in [0.15, 0.2) is 0 Å². The van der Waals surface area contributed by atoms with Crippen molar-refractivity contribution < 1.29 is 14.3 Å². The lowest BCUT2D eigenvalue weighted by molar-refractivity contribution is -0.201. The number of carbonyl (C=O) groups excluding carboxylic acids is 1. The summed E-state index contributed by atoms with van der Waals surface area (Å²) in [5.74, 6) is -0.0709. The standard InChI is InChI=1S/C16H30O3/c1-7-14(3,4)13(17)19-16(15(5,6)8-2)9-11-18-12-10-16/h7-12H2,1-6H3.